The summed E-state index contributed by atoms with van der Waals surface area (Å²) in [6, 6.07) is 9.62. The average Bonchev–Trinajstić information content (AvgIpc) is 2.56. The molecule has 136 valence electrons. The number of aromatic hydroxyl groups is 1. The topological polar surface area (TPSA) is 122 Å². The molecular weight excluding hydrogens is 338 g/mol. The number of phenols is 1. The van der Waals surface area contributed by atoms with Gasteiger partial charge in [-0.05, 0) is 30.3 Å². The van der Waals surface area contributed by atoms with E-state index < -0.39 is 22.0 Å². The molecule has 0 spiro atoms. The van der Waals surface area contributed by atoms with Crippen molar-refractivity contribution in [3.05, 3.63) is 58.1 Å². The third kappa shape index (κ3) is 4.56. The number of carbonyl (C=O) groups excluding carboxylic acids is 2. The Bertz CT molecular complexity index is 854. The van der Waals surface area contributed by atoms with Crippen molar-refractivity contribution >= 4 is 28.9 Å². The Morgan fingerprint density at radius 2 is 1.65 bits per heavy atom. The van der Waals surface area contributed by atoms with Crippen molar-refractivity contribution in [2.75, 3.05) is 10.6 Å². The minimum atomic E-state index is -0.643. The van der Waals surface area contributed by atoms with Crippen LogP contribution in [0.5, 0.6) is 5.75 Å². The van der Waals surface area contributed by atoms with E-state index in [2.05, 4.69) is 10.6 Å². The van der Waals surface area contributed by atoms with Crippen LogP contribution in [0.1, 0.15) is 31.1 Å². The van der Waals surface area contributed by atoms with Gasteiger partial charge in [0.05, 0.1) is 16.7 Å². The summed E-state index contributed by atoms with van der Waals surface area (Å²) in [5.41, 5.74) is 0.102. The summed E-state index contributed by atoms with van der Waals surface area (Å²) in [6.45, 7) is 5.38. The average molecular weight is 357 g/mol. The van der Waals surface area contributed by atoms with Crippen LogP contribution in [-0.4, -0.2) is 21.8 Å². The van der Waals surface area contributed by atoms with Gasteiger partial charge in [0.15, 0.2) is 0 Å². The van der Waals surface area contributed by atoms with Gasteiger partial charge in [-0.3, -0.25) is 19.7 Å². The van der Waals surface area contributed by atoms with Crippen molar-refractivity contribution in [2.24, 2.45) is 5.41 Å². The van der Waals surface area contributed by atoms with Gasteiger partial charge in [-0.1, -0.05) is 20.8 Å². The standard InChI is InChI=1S/C18H19N3O5/c1-18(2,3)17(24)19-12-6-4-11(5-7-12)16(23)20-14-9-8-13(21(25)26)10-15(14)22/h4-10,22H,1-3H3,(H,19,24)(H,20,23). The Hall–Kier alpha value is -3.42. The van der Waals surface area contributed by atoms with Crippen LogP contribution >= 0.6 is 0 Å². The molecule has 2 aromatic rings. The molecular formula is C18H19N3O5. The molecule has 8 nitrogen and oxygen atoms in total. The van der Waals surface area contributed by atoms with Crippen molar-refractivity contribution in [1.29, 1.82) is 0 Å². The predicted octanol–water partition coefficient (Wildman–Crippen LogP) is 3.54. The van der Waals surface area contributed by atoms with Crippen LogP contribution < -0.4 is 10.6 Å². The van der Waals surface area contributed by atoms with Gasteiger partial charge in [-0.15, -0.1) is 0 Å². The number of hydrogen-bond donors (Lipinski definition) is 3. The zero-order valence-electron chi connectivity index (χ0n) is 14.6. The first kappa shape index (κ1) is 18.9. The highest BCUT2D eigenvalue weighted by Gasteiger charge is 2.21. The quantitative estimate of drug-likeness (QED) is 0.439. The highest BCUT2D eigenvalue weighted by molar-refractivity contribution is 6.05. The Morgan fingerprint density at radius 3 is 2.15 bits per heavy atom. The number of benzene rings is 2. The monoisotopic (exact) mass is 357 g/mol. The van der Waals surface area contributed by atoms with Crippen LogP contribution in [0.2, 0.25) is 0 Å². The summed E-state index contributed by atoms with van der Waals surface area (Å²) in [4.78, 5) is 34.2. The van der Waals surface area contributed by atoms with E-state index in [9.17, 15) is 24.8 Å². The van der Waals surface area contributed by atoms with Crippen molar-refractivity contribution in [1.82, 2.24) is 0 Å². The molecule has 2 rings (SSSR count). The molecule has 2 amide bonds. The summed E-state index contributed by atoms with van der Waals surface area (Å²) < 4.78 is 0. The van der Waals surface area contributed by atoms with Crippen LogP contribution in [0.25, 0.3) is 0 Å². The highest BCUT2D eigenvalue weighted by atomic mass is 16.6. The largest absolute Gasteiger partial charge is 0.506 e. The van der Waals surface area contributed by atoms with E-state index in [-0.39, 0.29) is 17.3 Å². The zero-order valence-corrected chi connectivity index (χ0v) is 14.6. The zero-order chi connectivity index (χ0) is 19.5. The molecule has 0 bridgehead atoms. The van der Waals surface area contributed by atoms with Gasteiger partial charge in [0, 0.05) is 22.7 Å². The predicted molar refractivity (Wildman–Crippen MR) is 97.2 cm³/mol. The lowest BCUT2D eigenvalue weighted by Gasteiger charge is -2.17. The van der Waals surface area contributed by atoms with Crippen molar-refractivity contribution in [3.8, 4) is 5.75 Å². The molecule has 0 atom stereocenters. The fraction of sp³-hybridized carbons (Fsp3) is 0.222. The van der Waals surface area contributed by atoms with Crippen LogP contribution in [-0.2, 0) is 4.79 Å². The molecule has 2 aromatic carbocycles. The lowest BCUT2D eigenvalue weighted by atomic mass is 9.95. The van der Waals surface area contributed by atoms with Crippen LogP contribution in [0.3, 0.4) is 0 Å². The molecule has 0 unspecified atom stereocenters. The molecule has 0 fully saturated rings. The van der Waals surface area contributed by atoms with Gasteiger partial charge < -0.3 is 15.7 Å². The number of nitro groups is 1. The van der Waals surface area contributed by atoms with E-state index in [0.717, 1.165) is 6.07 Å². The first-order valence-corrected chi connectivity index (χ1v) is 7.78. The fourth-order valence-electron chi connectivity index (χ4n) is 1.96. The second-order valence-electron chi connectivity index (χ2n) is 6.69. The highest BCUT2D eigenvalue weighted by Crippen LogP contribution is 2.28. The van der Waals surface area contributed by atoms with E-state index in [1.807, 2.05) is 0 Å². The molecule has 0 aliphatic rings. The number of nitrogens with zero attached hydrogens (tertiary/aromatic N) is 1. The smallest absolute Gasteiger partial charge is 0.273 e. The molecule has 0 heterocycles. The number of amides is 2. The van der Waals surface area contributed by atoms with Gasteiger partial charge >= 0.3 is 0 Å². The summed E-state index contributed by atoms with van der Waals surface area (Å²) in [7, 11) is 0. The molecule has 0 saturated heterocycles. The Kier molecular flexibility index (Phi) is 5.25. The van der Waals surface area contributed by atoms with E-state index in [1.165, 1.54) is 24.3 Å². The van der Waals surface area contributed by atoms with E-state index in [1.54, 1.807) is 32.9 Å². The van der Waals surface area contributed by atoms with Gasteiger partial charge in [-0.2, -0.15) is 0 Å². The fourth-order valence-corrected chi connectivity index (χ4v) is 1.96. The molecule has 0 aliphatic heterocycles. The van der Waals surface area contributed by atoms with Crippen LogP contribution in [0, 0.1) is 15.5 Å². The summed E-state index contributed by atoms with van der Waals surface area (Å²) in [5, 5.41) is 25.7. The van der Waals surface area contributed by atoms with E-state index >= 15 is 0 Å². The first-order chi connectivity index (χ1) is 12.1. The number of nitrogens with one attached hydrogen (secondary N) is 2. The maximum absolute atomic E-state index is 12.2. The number of phenolic OH excluding ortho intramolecular Hbond substituents is 1. The minimum Gasteiger partial charge on any atom is -0.506 e. The molecule has 0 aliphatic carbocycles. The van der Waals surface area contributed by atoms with E-state index in [4.69, 9.17) is 0 Å². The second-order valence-corrected chi connectivity index (χ2v) is 6.69. The molecule has 0 radical (unpaired) electrons. The Labute approximate surface area is 150 Å². The molecule has 8 heteroatoms. The molecule has 0 aromatic heterocycles. The van der Waals surface area contributed by atoms with Gasteiger partial charge in [0.25, 0.3) is 11.6 Å². The first-order valence-electron chi connectivity index (χ1n) is 7.78. The normalized spacial score (nSPS) is 10.9. The minimum absolute atomic E-state index is 0.0608. The summed E-state index contributed by atoms with van der Waals surface area (Å²) in [5.74, 6) is -1.05. The Balaban J connectivity index is 2.09. The number of anilines is 2. The van der Waals surface area contributed by atoms with Crippen molar-refractivity contribution < 1.29 is 19.6 Å². The maximum atomic E-state index is 12.2. The van der Waals surface area contributed by atoms with Gasteiger partial charge in [-0.25, -0.2) is 0 Å². The number of hydrogen-bond acceptors (Lipinski definition) is 5. The molecule has 3 N–H and O–H groups in total. The van der Waals surface area contributed by atoms with Crippen LogP contribution in [0.15, 0.2) is 42.5 Å². The van der Waals surface area contributed by atoms with Gasteiger partial charge in [0.2, 0.25) is 5.91 Å². The summed E-state index contributed by atoms with van der Waals surface area (Å²) >= 11 is 0. The van der Waals surface area contributed by atoms with Crippen molar-refractivity contribution in [3.63, 3.8) is 0 Å². The maximum Gasteiger partial charge on any atom is 0.273 e. The van der Waals surface area contributed by atoms with Crippen LogP contribution in [0.4, 0.5) is 17.1 Å². The van der Waals surface area contributed by atoms with Gasteiger partial charge in [0.1, 0.15) is 5.75 Å². The Morgan fingerprint density at radius 1 is 1.04 bits per heavy atom. The second kappa shape index (κ2) is 7.22. The lowest BCUT2D eigenvalue weighted by molar-refractivity contribution is -0.384. The number of nitro benzene ring substituents is 1. The number of carbonyl (C=O) groups is 2. The lowest BCUT2D eigenvalue weighted by Crippen LogP contribution is -2.27. The number of non-ortho nitro benzene ring substituents is 1. The third-order valence-electron chi connectivity index (χ3n) is 3.53. The molecule has 0 saturated carbocycles. The summed E-state index contributed by atoms with van der Waals surface area (Å²) in [6.07, 6.45) is 0. The number of rotatable bonds is 4. The third-order valence-corrected chi connectivity index (χ3v) is 3.53. The SMILES string of the molecule is CC(C)(C)C(=O)Nc1ccc(C(=O)Nc2ccc([N+](=O)[O-])cc2O)cc1. The molecule has 26 heavy (non-hydrogen) atoms. The van der Waals surface area contributed by atoms with E-state index in [0.29, 0.717) is 11.3 Å². The van der Waals surface area contributed by atoms with Crippen molar-refractivity contribution in [2.45, 2.75) is 20.8 Å².